The highest BCUT2D eigenvalue weighted by Gasteiger charge is 2.41. The van der Waals surface area contributed by atoms with E-state index in [0.29, 0.717) is 0 Å². The predicted molar refractivity (Wildman–Crippen MR) is 94.3 cm³/mol. The van der Waals surface area contributed by atoms with E-state index >= 15 is 0 Å². The van der Waals surface area contributed by atoms with Gasteiger partial charge in [0.15, 0.2) is 5.96 Å². The maximum atomic E-state index is 10.5. The van der Waals surface area contributed by atoms with Gasteiger partial charge in [-0.2, -0.15) is 0 Å². The SMILES string of the molecule is CCc1ccccc1CN1C2=NCCN2C(O)CCC1(C)CC. The molecule has 3 rings (SSSR count). The van der Waals surface area contributed by atoms with Crippen LogP contribution in [0, 0.1) is 0 Å². The molecule has 2 aliphatic rings. The van der Waals surface area contributed by atoms with Crippen LogP contribution in [-0.2, 0) is 13.0 Å². The van der Waals surface area contributed by atoms with Gasteiger partial charge >= 0.3 is 0 Å². The van der Waals surface area contributed by atoms with Crippen LogP contribution in [0.1, 0.15) is 51.2 Å². The lowest BCUT2D eigenvalue weighted by atomic mass is 9.90. The molecule has 0 aromatic heterocycles. The van der Waals surface area contributed by atoms with Crippen LogP contribution < -0.4 is 0 Å². The molecule has 0 aliphatic carbocycles. The maximum absolute atomic E-state index is 10.5. The first-order valence-electron chi connectivity index (χ1n) is 8.92. The van der Waals surface area contributed by atoms with Crippen molar-refractivity contribution in [1.29, 1.82) is 0 Å². The number of hydrogen-bond acceptors (Lipinski definition) is 4. The quantitative estimate of drug-likeness (QED) is 0.928. The van der Waals surface area contributed by atoms with Gasteiger partial charge in [-0.25, -0.2) is 0 Å². The molecule has 0 spiro atoms. The second kappa shape index (κ2) is 6.52. The van der Waals surface area contributed by atoms with E-state index in [1.165, 1.54) is 11.1 Å². The Labute approximate surface area is 139 Å². The van der Waals surface area contributed by atoms with Gasteiger partial charge in [-0.1, -0.05) is 38.1 Å². The third-order valence-electron chi connectivity index (χ3n) is 5.63. The van der Waals surface area contributed by atoms with Gasteiger partial charge in [-0.3, -0.25) is 4.99 Å². The summed E-state index contributed by atoms with van der Waals surface area (Å²) in [6, 6.07) is 8.70. The molecule has 1 fully saturated rings. The van der Waals surface area contributed by atoms with E-state index in [4.69, 9.17) is 4.99 Å². The summed E-state index contributed by atoms with van der Waals surface area (Å²) >= 11 is 0. The van der Waals surface area contributed by atoms with Gasteiger partial charge < -0.3 is 14.9 Å². The predicted octanol–water partition coefficient (Wildman–Crippen LogP) is 3.00. The molecule has 23 heavy (non-hydrogen) atoms. The van der Waals surface area contributed by atoms with E-state index in [1.807, 2.05) is 0 Å². The summed E-state index contributed by atoms with van der Waals surface area (Å²) in [6.07, 6.45) is 3.52. The molecule has 2 aliphatic heterocycles. The summed E-state index contributed by atoms with van der Waals surface area (Å²) in [5.41, 5.74) is 2.82. The lowest BCUT2D eigenvalue weighted by Gasteiger charge is -2.42. The Balaban J connectivity index is 1.98. The lowest BCUT2D eigenvalue weighted by Crippen LogP contribution is -2.52. The number of aliphatic hydroxyl groups is 1. The topological polar surface area (TPSA) is 39.1 Å². The lowest BCUT2D eigenvalue weighted by molar-refractivity contribution is 0.0522. The standard InChI is InChI=1S/C19H29N3O/c1-4-15-8-6-7-9-16(15)14-22-18-20-12-13-21(18)17(23)10-11-19(22,3)5-2/h6-9,17,23H,4-5,10-14H2,1-3H3. The number of aryl methyl sites for hydroxylation is 1. The summed E-state index contributed by atoms with van der Waals surface area (Å²) < 4.78 is 0. The zero-order chi connectivity index (χ0) is 16.4. The summed E-state index contributed by atoms with van der Waals surface area (Å²) in [4.78, 5) is 9.29. The summed E-state index contributed by atoms with van der Waals surface area (Å²) in [5, 5.41) is 10.5. The normalized spacial score (nSPS) is 27.7. The fraction of sp³-hybridized carbons (Fsp3) is 0.632. The number of aliphatic imine (C=N–C) groups is 1. The van der Waals surface area contributed by atoms with Crippen molar-refractivity contribution in [1.82, 2.24) is 9.80 Å². The van der Waals surface area contributed by atoms with E-state index < -0.39 is 6.23 Å². The first-order chi connectivity index (χ1) is 11.1. The summed E-state index contributed by atoms with van der Waals surface area (Å²) in [7, 11) is 0. The van der Waals surface area contributed by atoms with Gasteiger partial charge in [0.05, 0.1) is 6.54 Å². The zero-order valence-corrected chi connectivity index (χ0v) is 14.6. The van der Waals surface area contributed by atoms with Gasteiger partial charge in [-0.15, -0.1) is 0 Å². The molecule has 0 saturated carbocycles. The molecule has 4 heteroatoms. The van der Waals surface area contributed by atoms with Crippen LogP contribution in [0.5, 0.6) is 0 Å². The average Bonchev–Trinajstić information content (AvgIpc) is 3.03. The molecule has 1 N–H and O–H groups in total. The molecule has 2 atom stereocenters. The second-order valence-corrected chi connectivity index (χ2v) is 6.95. The van der Waals surface area contributed by atoms with E-state index in [0.717, 1.165) is 51.3 Å². The van der Waals surface area contributed by atoms with Crippen LogP contribution in [0.2, 0.25) is 0 Å². The smallest absolute Gasteiger partial charge is 0.199 e. The van der Waals surface area contributed by atoms with Crippen molar-refractivity contribution >= 4 is 5.96 Å². The van der Waals surface area contributed by atoms with Crippen molar-refractivity contribution in [2.24, 2.45) is 4.99 Å². The largest absolute Gasteiger partial charge is 0.374 e. The van der Waals surface area contributed by atoms with E-state index in [9.17, 15) is 5.11 Å². The average molecular weight is 315 g/mol. The monoisotopic (exact) mass is 315 g/mol. The molecule has 126 valence electrons. The highest BCUT2D eigenvalue weighted by atomic mass is 16.3. The zero-order valence-electron chi connectivity index (χ0n) is 14.6. The van der Waals surface area contributed by atoms with Crippen LogP contribution in [0.3, 0.4) is 0 Å². The van der Waals surface area contributed by atoms with Gasteiger partial charge in [0.2, 0.25) is 0 Å². The van der Waals surface area contributed by atoms with Crippen molar-refractivity contribution < 1.29 is 5.11 Å². The highest BCUT2D eigenvalue weighted by molar-refractivity contribution is 5.83. The van der Waals surface area contributed by atoms with E-state index in [2.05, 4.69) is 54.8 Å². The number of fused-ring (bicyclic) bond motifs is 1. The molecule has 2 heterocycles. The van der Waals surface area contributed by atoms with Gasteiger partial charge in [0, 0.05) is 18.6 Å². The summed E-state index contributed by atoms with van der Waals surface area (Å²) in [5.74, 6) is 0.991. The van der Waals surface area contributed by atoms with Gasteiger partial charge in [0.25, 0.3) is 0 Å². The molecular formula is C19H29N3O. The molecule has 1 aromatic rings. The van der Waals surface area contributed by atoms with Crippen LogP contribution in [0.4, 0.5) is 0 Å². The first-order valence-corrected chi connectivity index (χ1v) is 8.92. The molecule has 4 nitrogen and oxygen atoms in total. The van der Waals surface area contributed by atoms with Crippen molar-refractivity contribution in [3.05, 3.63) is 35.4 Å². The highest BCUT2D eigenvalue weighted by Crippen LogP contribution is 2.34. The molecule has 1 saturated heterocycles. The van der Waals surface area contributed by atoms with Crippen LogP contribution in [0.15, 0.2) is 29.3 Å². The fourth-order valence-corrected chi connectivity index (χ4v) is 3.80. The molecule has 0 amide bonds. The number of rotatable bonds is 4. The van der Waals surface area contributed by atoms with Crippen LogP contribution in [0.25, 0.3) is 0 Å². The number of guanidine groups is 1. The third-order valence-corrected chi connectivity index (χ3v) is 5.63. The number of aliphatic hydroxyl groups excluding tert-OH is 1. The Morgan fingerprint density at radius 1 is 1.26 bits per heavy atom. The second-order valence-electron chi connectivity index (χ2n) is 6.95. The van der Waals surface area contributed by atoms with E-state index in [1.54, 1.807) is 0 Å². The van der Waals surface area contributed by atoms with Gasteiger partial charge in [-0.05, 0) is 43.7 Å². The Kier molecular flexibility index (Phi) is 4.62. The maximum Gasteiger partial charge on any atom is 0.199 e. The Morgan fingerprint density at radius 2 is 2.00 bits per heavy atom. The van der Waals surface area contributed by atoms with Crippen molar-refractivity contribution in [3.63, 3.8) is 0 Å². The molecular weight excluding hydrogens is 286 g/mol. The molecule has 0 bridgehead atoms. The minimum Gasteiger partial charge on any atom is -0.374 e. The Bertz CT molecular complexity index is 586. The van der Waals surface area contributed by atoms with Crippen LogP contribution >= 0.6 is 0 Å². The third kappa shape index (κ3) is 2.97. The fourth-order valence-electron chi connectivity index (χ4n) is 3.80. The molecule has 0 radical (unpaired) electrons. The minimum atomic E-state index is -0.395. The number of nitrogens with zero attached hydrogens (tertiary/aromatic N) is 3. The van der Waals surface area contributed by atoms with Gasteiger partial charge in [0.1, 0.15) is 6.23 Å². The Morgan fingerprint density at radius 3 is 2.70 bits per heavy atom. The van der Waals surface area contributed by atoms with E-state index in [-0.39, 0.29) is 5.54 Å². The number of hydrogen-bond donors (Lipinski definition) is 1. The van der Waals surface area contributed by atoms with Crippen molar-refractivity contribution in [2.75, 3.05) is 13.1 Å². The molecule has 1 aromatic carbocycles. The first kappa shape index (κ1) is 16.3. The van der Waals surface area contributed by atoms with Crippen LogP contribution in [-0.4, -0.2) is 45.7 Å². The summed E-state index contributed by atoms with van der Waals surface area (Å²) in [6.45, 7) is 9.27. The van der Waals surface area contributed by atoms with Crippen molar-refractivity contribution in [2.45, 2.75) is 64.8 Å². The molecule has 2 unspecified atom stereocenters. The minimum absolute atomic E-state index is 0.0414. The number of benzene rings is 1. The Hall–Kier alpha value is -1.55. The van der Waals surface area contributed by atoms with Crippen molar-refractivity contribution in [3.8, 4) is 0 Å².